The van der Waals surface area contributed by atoms with Crippen molar-refractivity contribution >= 4 is 0 Å². The summed E-state index contributed by atoms with van der Waals surface area (Å²) in [6.07, 6.45) is 8.75. The second-order valence-corrected chi connectivity index (χ2v) is 6.99. The van der Waals surface area contributed by atoms with E-state index in [0.717, 1.165) is 57.8 Å². The van der Waals surface area contributed by atoms with Crippen molar-refractivity contribution in [3.63, 3.8) is 0 Å². The summed E-state index contributed by atoms with van der Waals surface area (Å²) in [7, 11) is 0. The Morgan fingerprint density at radius 3 is 2.81 bits per heavy atom. The molecule has 0 aromatic rings. The maximum Gasteiger partial charge on any atom is 0.0741 e. The summed E-state index contributed by atoms with van der Waals surface area (Å²) in [5, 5.41) is 3.57. The van der Waals surface area contributed by atoms with Crippen molar-refractivity contribution in [1.29, 1.82) is 0 Å². The number of hydrogen-bond donors (Lipinski definition) is 1. The van der Waals surface area contributed by atoms with Crippen LogP contribution in [-0.4, -0.2) is 62.0 Å². The second-order valence-electron chi connectivity index (χ2n) is 6.99. The Bertz CT molecular complexity index is 312. The summed E-state index contributed by atoms with van der Waals surface area (Å²) in [5.74, 6) is 0. The van der Waals surface area contributed by atoms with Crippen LogP contribution in [0.1, 0.15) is 51.9 Å². The minimum Gasteiger partial charge on any atom is -0.381 e. The lowest BCUT2D eigenvalue weighted by molar-refractivity contribution is -0.155. The zero-order valence-electron chi connectivity index (χ0n) is 13.6. The maximum atomic E-state index is 6.22. The van der Waals surface area contributed by atoms with Gasteiger partial charge in [-0.3, -0.25) is 4.90 Å². The van der Waals surface area contributed by atoms with Crippen LogP contribution in [0, 0.1) is 0 Å². The van der Waals surface area contributed by atoms with Crippen molar-refractivity contribution in [1.82, 2.24) is 10.2 Å². The molecule has 3 heterocycles. The van der Waals surface area contributed by atoms with E-state index >= 15 is 0 Å². The molecule has 3 aliphatic rings. The summed E-state index contributed by atoms with van der Waals surface area (Å²) in [6, 6.07) is 1.46. The number of nitrogens with zero attached hydrogens (tertiary/aromatic N) is 1. The number of piperidine rings is 1. The molecule has 0 aliphatic carbocycles. The van der Waals surface area contributed by atoms with Crippen LogP contribution in [0.15, 0.2) is 0 Å². The summed E-state index contributed by atoms with van der Waals surface area (Å²) in [6.45, 7) is 8.44. The first-order valence-electron chi connectivity index (χ1n) is 9.01. The normalized spacial score (nSPS) is 34.1. The SMILES string of the molecule is CCNCC1CCCCN1C1CCOC2(CCOCC2)C1. The fourth-order valence-electron chi connectivity index (χ4n) is 4.41. The molecule has 0 aromatic carbocycles. The third-order valence-corrected chi connectivity index (χ3v) is 5.64. The van der Waals surface area contributed by atoms with Crippen molar-refractivity contribution < 1.29 is 9.47 Å². The van der Waals surface area contributed by atoms with E-state index < -0.39 is 0 Å². The molecular formula is C17H32N2O2. The van der Waals surface area contributed by atoms with Gasteiger partial charge in [0.25, 0.3) is 0 Å². The molecule has 0 radical (unpaired) electrons. The molecule has 3 aliphatic heterocycles. The first-order valence-corrected chi connectivity index (χ1v) is 9.01. The largest absolute Gasteiger partial charge is 0.381 e. The Morgan fingerprint density at radius 1 is 1.14 bits per heavy atom. The first-order chi connectivity index (χ1) is 10.3. The van der Waals surface area contributed by atoms with Crippen LogP contribution < -0.4 is 5.32 Å². The van der Waals surface area contributed by atoms with Gasteiger partial charge in [-0.2, -0.15) is 0 Å². The van der Waals surface area contributed by atoms with Crippen molar-refractivity contribution in [2.24, 2.45) is 0 Å². The Hall–Kier alpha value is -0.160. The van der Waals surface area contributed by atoms with Gasteiger partial charge >= 0.3 is 0 Å². The highest BCUT2D eigenvalue weighted by Crippen LogP contribution is 2.37. The third kappa shape index (κ3) is 3.79. The number of nitrogens with one attached hydrogen (secondary N) is 1. The number of ether oxygens (including phenoxy) is 2. The van der Waals surface area contributed by atoms with E-state index in [1.54, 1.807) is 0 Å². The van der Waals surface area contributed by atoms with Gasteiger partial charge in [0.2, 0.25) is 0 Å². The average molecular weight is 296 g/mol. The van der Waals surface area contributed by atoms with E-state index in [1.807, 2.05) is 0 Å². The van der Waals surface area contributed by atoms with Crippen molar-refractivity contribution in [3.8, 4) is 0 Å². The van der Waals surface area contributed by atoms with Crippen LogP contribution in [0.4, 0.5) is 0 Å². The average Bonchev–Trinajstić information content (AvgIpc) is 2.54. The molecule has 3 fully saturated rings. The highest BCUT2D eigenvalue weighted by molar-refractivity contribution is 4.95. The lowest BCUT2D eigenvalue weighted by Crippen LogP contribution is -2.56. The van der Waals surface area contributed by atoms with Crippen molar-refractivity contribution in [3.05, 3.63) is 0 Å². The third-order valence-electron chi connectivity index (χ3n) is 5.64. The van der Waals surface area contributed by atoms with Crippen LogP contribution in [-0.2, 0) is 9.47 Å². The van der Waals surface area contributed by atoms with Gasteiger partial charge in [0, 0.05) is 38.4 Å². The predicted octanol–water partition coefficient (Wildman–Crippen LogP) is 2.18. The van der Waals surface area contributed by atoms with Crippen LogP contribution in [0.25, 0.3) is 0 Å². The first kappa shape index (κ1) is 15.7. The van der Waals surface area contributed by atoms with Crippen LogP contribution in [0.3, 0.4) is 0 Å². The molecule has 2 unspecified atom stereocenters. The molecule has 2 atom stereocenters. The fraction of sp³-hybridized carbons (Fsp3) is 1.00. The molecule has 0 aromatic heterocycles. The van der Waals surface area contributed by atoms with Crippen LogP contribution in [0.5, 0.6) is 0 Å². The standard InChI is InChI=1S/C17H32N2O2/c1-2-18-14-16-5-3-4-9-19(16)15-6-10-21-17(13-15)7-11-20-12-8-17/h15-16,18H,2-14H2,1H3. The van der Waals surface area contributed by atoms with E-state index in [1.165, 1.54) is 38.6 Å². The van der Waals surface area contributed by atoms with E-state index in [9.17, 15) is 0 Å². The van der Waals surface area contributed by atoms with Gasteiger partial charge in [-0.25, -0.2) is 0 Å². The van der Waals surface area contributed by atoms with E-state index in [0.29, 0.717) is 0 Å². The molecular weight excluding hydrogens is 264 g/mol. The fourth-order valence-corrected chi connectivity index (χ4v) is 4.41. The summed E-state index contributed by atoms with van der Waals surface area (Å²) >= 11 is 0. The van der Waals surface area contributed by atoms with E-state index in [4.69, 9.17) is 9.47 Å². The highest BCUT2D eigenvalue weighted by atomic mass is 16.5. The molecule has 0 amide bonds. The van der Waals surface area contributed by atoms with Gasteiger partial charge in [0.15, 0.2) is 0 Å². The summed E-state index contributed by atoms with van der Waals surface area (Å²) < 4.78 is 11.8. The highest BCUT2D eigenvalue weighted by Gasteiger charge is 2.42. The van der Waals surface area contributed by atoms with Crippen molar-refractivity contribution in [2.45, 2.75) is 69.6 Å². The Morgan fingerprint density at radius 2 is 2.00 bits per heavy atom. The zero-order chi connectivity index (χ0) is 14.5. The topological polar surface area (TPSA) is 33.7 Å². The Labute approximate surface area is 129 Å². The lowest BCUT2D eigenvalue weighted by Gasteiger charge is -2.49. The molecule has 4 heteroatoms. The van der Waals surface area contributed by atoms with Gasteiger partial charge in [0.1, 0.15) is 0 Å². The predicted molar refractivity (Wildman–Crippen MR) is 84.6 cm³/mol. The zero-order valence-corrected chi connectivity index (χ0v) is 13.6. The molecule has 0 saturated carbocycles. The number of rotatable bonds is 4. The number of hydrogen-bond acceptors (Lipinski definition) is 4. The van der Waals surface area contributed by atoms with Crippen LogP contribution in [0.2, 0.25) is 0 Å². The second kappa shape index (κ2) is 7.40. The number of likely N-dealkylation sites (tertiary alicyclic amines) is 1. The quantitative estimate of drug-likeness (QED) is 0.862. The molecule has 3 saturated heterocycles. The molecule has 122 valence electrons. The molecule has 0 bridgehead atoms. The number of likely N-dealkylation sites (N-methyl/N-ethyl adjacent to an activating group) is 1. The van der Waals surface area contributed by atoms with Crippen molar-refractivity contribution in [2.75, 3.05) is 39.5 Å². The molecule has 1 N–H and O–H groups in total. The maximum absolute atomic E-state index is 6.22. The minimum atomic E-state index is 0.126. The van der Waals surface area contributed by atoms with E-state index in [2.05, 4.69) is 17.1 Å². The van der Waals surface area contributed by atoms with Gasteiger partial charge in [0.05, 0.1) is 5.60 Å². The summed E-state index contributed by atoms with van der Waals surface area (Å²) in [4.78, 5) is 2.81. The Balaban J connectivity index is 1.63. The lowest BCUT2D eigenvalue weighted by atomic mass is 9.82. The molecule has 1 spiro atoms. The molecule has 3 rings (SSSR count). The minimum absolute atomic E-state index is 0.126. The van der Waals surface area contributed by atoms with Gasteiger partial charge < -0.3 is 14.8 Å². The monoisotopic (exact) mass is 296 g/mol. The van der Waals surface area contributed by atoms with Crippen LogP contribution >= 0.6 is 0 Å². The van der Waals surface area contributed by atoms with Gasteiger partial charge in [-0.15, -0.1) is 0 Å². The molecule has 21 heavy (non-hydrogen) atoms. The Kier molecular flexibility index (Phi) is 5.54. The van der Waals surface area contributed by atoms with Gasteiger partial charge in [-0.1, -0.05) is 13.3 Å². The molecule has 4 nitrogen and oxygen atoms in total. The summed E-state index contributed by atoms with van der Waals surface area (Å²) in [5.41, 5.74) is 0.126. The smallest absolute Gasteiger partial charge is 0.0741 e. The van der Waals surface area contributed by atoms with E-state index in [-0.39, 0.29) is 5.60 Å². The van der Waals surface area contributed by atoms with Gasteiger partial charge in [-0.05, 0) is 51.6 Å².